The van der Waals surface area contributed by atoms with E-state index < -0.39 is 0 Å². The van der Waals surface area contributed by atoms with E-state index in [4.69, 9.17) is 9.84 Å². The van der Waals surface area contributed by atoms with Crippen molar-refractivity contribution in [1.29, 1.82) is 0 Å². The first-order valence-electron chi connectivity index (χ1n) is 11.0. The molecule has 0 aliphatic carbocycles. The minimum atomic E-state index is -0.207. The number of nitrogens with zero attached hydrogens (tertiary/aromatic N) is 5. The van der Waals surface area contributed by atoms with Gasteiger partial charge in [-0.05, 0) is 38.3 Å². The second-order valence-corrected chi connectivity index (χ2v) is 8.27. The summed E-state index contributed by atoms with van der Waals surface area (Å²) in [5.41, 5.74) is 1.99. The van der Waals surface area contributed by atoms with Crippen LogP contribution in [0, 0.1) is 5.92 Å². The van der Waals surface area contributed by atoms with E-state index in [2.05, 4.69) is 11.1 Å². The second-order valence-electron chi connectivity index (χ2n) is 8.27. The summed E-state index contributed by atoms with van der Waals surface area (Å²) < 4.78 is 7.19. The average molecular weight is 414 g/mol. The number of amides is 2. The molecule has 2 aliphatic rings. The molecule has 2 aromatic rings. The molecule has 8 nitrogen and oxygen atoms in total. The Bertz CT molecular complexity index is 903. The van der Waals surface area contributed by atoms with Gasteiger partial charge in [-0.15, -0.1) is 0 Å². The molecule has 4 heterocycles. The Labute approximate surface area is 177 Å². The summed E-state index contributed by atoms with van der Waals surface area (Å²) in [5.74, 6) is 0.345. The first-order chi connectivity index (χ1) is 14.6. The zero-order chi connectivity index (χ0) is 21.1. The summed E-state index contributed by atoms with van der Waals surface area (Å²) in [4.78, 5) is 33.5. The van der Waals surface area contributed by atoms with Crippen LogP contribution in [0.2, 0.25) is 0 Å². The number of hydrogen-bond donors (Lipinski definition) is 0. The average Bonchev–Trinajstić information content (AvgIpc) is 3.31. The lowest BCUT2D eigenvalue weighted by Gasteiger charge is -2.33. The van der Waals surface area contributed by atoms with Gasteiger partial charge in [0.25, 0.3) is 0 Å². The standard InChI is InChI=1S/C22H31N5O3/c1-3-30-13-5-10-27-15-17(14-19(27)28)22(29)26-11-7-16(8-12-26)20-18-6-4-9-23-21(18)25(2)24-20/h4,6,9,16-17H,3,5,7-8,10-15H2,1-2H3. The van der Waals surface area contributed by atoms with Crippen LogP contribution in [-0.4, -0.2) is 75.8 Å². The van der Waals surface area contributed by atoms with Crippen molar-refractivity contribution in [1.82, 2.24) is 24.6 Å². The van der Waals surface area contributed by atoms with Crippen molar-refractivity contribution in [2.24, 2.45) is 13.0 Å². The molecule has 0 N–H and O–H groups in total. The minimum absolute atomic E-state index is 0.0900. The smallest absolute Gasteiger partial charge is 0.227 e. The van der Waals surface area contributed by atoms with Gasteiger partial charge in [0, 0.05) is 70.4 Å². The predicted octanol–water partition coefficient (Wildman–Crippen LogP) is 1.95. The quantitative estimate of drug-likeness (QED) is 0.648. The Morgan fingerprint density at radius 2 is 2.10 bits per heavy atom. The maximum Gasteiger partial charge on any atom is 0.227 e. The number of piperidine rings is 1. The number of likely N-dealkylation sites (tertiary alicyclic amines) is 2. The number of pyridine rings is 1. The van der Waals surface area contributed by atoms with Gasteiger partial charge in [0.2, 0.25) is 11.8 Å². The fraction of sp³-hybridized carbons (Fsp3) is 0.636. The van der Waals surface area contributed by atoms with E-state index in [9.17, 15) is 9.59 Å². The lowest BCUT2D eigenvalue weighted by atomic mass is 9.91. The van der Waals surface area contributed by atoms with Crippen LogP contribution in [0.1, 0.15) is 44.2 Å². The summed E-state index contributed by atoms with van der Waals surface area (Å²) in [6.45, 7) is 5.96. The fourth-order valence-corrected chi connectivity index (χ4v) is 4.71. The van der Waals surface area contributed by atoms with Crippen LogP contribution in [-0.2, 0) is 21.4 Å². The Hall–Kier alpha value is -2.48. The van der Waals surface area contributed by atoms with Gasteiger partial charge < -0.3 is 14.5 Å². The molecule has 0 spiro atoms. The lowest BCUT2D eigenvalue weighted by Crippen LogP contribution is -2.42. The zero-order valence-corrected chi connectivity index (χ0v) is 17.9. The van der Waals surface area contributed by atoms with Crippen LogP contribution >= 0.6 is 0 Å². The third-order valence-electron chi connectivity index (χ3n) is 6.30. The second kappa shape index (κ2) is 9.12. The summed E-state index contributed by atoms with van der Waals surface area (Å²) in [7, 11) is 1.93. The number of ether oxygens (including phenoxy) is 1. The molecule has 0 bridgehead atoms. The third-order valence-corrected chi connectivity index (χ3v) is 6.30. The number of rotatable bonds is 7. The summed E-state index contributed by atoms with van der Waals surface area (Å²) in [6.07, 6.45) is 4.73. The number of aryl methyl sites for hydroxylation is 1. The molecule has 0 aromatic carbocycles. The van der Waals surface area contributed by atoms with E-state index >= 15 is 0 Å². The van der Waals surface area contributed by atoms with E-state index in [1.54, 1.807) is 6.20 Å². The predicted molar refractivity (Wildman–Crippen MR) is 113 cm³/mol. The van der Waals surface area contributed by atoms with Gasteiger partial charge in [-0.1, -0.05) is 0 Å². The van der Waals surface area contributed by atoms with Crippen LogP contribution in [0.5, 0.6) is 0 Å². The molecular formula is C22H31N5O3. The van der Waals surface area contributed by atoms with Crippen LogP contribution in [0.15, 0.2) is 18.3 Å². The van der Waals surface area contributed by atoms with Crippen LogP contribution in [0.3, 0.4) is 0 Å². The number of hydrogen-bond acceptors (Lipinski definition) is 5. The van der Waals surface area contributed by atoms with Gasteiger partial charge in [-0.3, -0.25) is 14.3 Å². The number of fused-ring (bicyclic) bond motifs is 1. The van der Waals surface area contributed by atoms with E-state index in [-0.39, 0.29) is 17.7 Å². The Balaban J connectivity index is 1.32. The molecule has 2 amide bonds. The van der Waals surface area contributed by atoms with Gasteiger partial charge in [0.05, 0.1) is 11.6 Å². The molecule has 162 valence electrons. The lowest BCUT2D eigenvalue weighted by molar-refractivity contribution is -0.136. The van der Waals surface area contributed by atoms with Crippen molar-refractivity contribution >= 4 is 22.8 Å². The zero-order valence-electron chi connectivity index (χ0n) is 17.9. The molecule has 4 rings (SSSR count). The topological polar surface area (TPSA) is 80.6 Å². The summed E-state index contributed by atoms with van der Waals surface area (Å²) in [5, 5.41) is 5.82. The normalized spacial score (nSPS) is 20.5. The molecule has 1 unspecified atom stereocenters. The van der Waals surface area contributed by atoms with Gasteiger partial charge in [0.1, 0.15) is 0 Å². The first kappa shape index (κ1) is 20.8. The molecule has 0 radical (unpaired) electrons. The maximum absolute atomic E-state index is 13.0. The van der Waals surface area contributed by atoms with Gasteiger partial charge in [0.15, 0.2) is 5.65 Å². The molecule has 2 fully saturated rings. The van der Waals surface area contributed by atoms with Crippen molar-refractivity contribution in [3.8, 4) is 0 Å². The summed E-state index contributed by atoms with van der Waals surface area (Å²) >= 11 is 0. The number of carbonyl (C=O) groups excluding carboxylic acids is 2. The molecule has 2 saturated heterocycles. The van der Waals surface area contributed by atoms with E-state index in [1.165, 1.54) is 0 Å². The fourth-order valence-electron chi connectivity index (χ4n) is 4.71. The molecule has 2 aliphatic heterocycles. The number of carbonyl (C=O) groups is 2. The molecule has 1 atom stereocenters. The maximum atomic E-state index is 13.0. The van der Waals surface area contributed by atoms with Crippen LogP contribution in [0.25, 0.3) is 11.0 Å². The highest BCUT2D eigenvalue weighted by Gasteiger charge is 2.37. The van der Waals surface area contributed by atoms with E-state index in [0.717, 1.165) is 49.1 Å². The van der Waals surface area contributed by atoms with Crippen molar-refractivity contribution < 1.29 is 14.3 Å². The molecule has 0 saturated carbocycles. The Morgan fingerprint density at radius 1 is 1.30 bits per heavy atom. The highest BCUT2D eigenvalue weighted by atomic mass is 16.5. The first-order valence-corrected chi connectivity index (χ1v) is 11.0. The molecule has 30 heavy (non-hydrogen) atoms. The number of aromatic nitrogens is 3. The van der Waals surface area contributed by atoms with Gasteiger partial charge in [-0.25, -0.2) is 4.98 Å². The highest BCUT2D eigenvalue weighted by Crippen LogP contribution is 2.32. The van der Waals surface area contributed by atoms with E-state index in [1.807, 2.05) is 34.5 Å². The van der Waals surface area contributed by atoms with Crippen LogP contribution in [0.4, 0.5) is 0 Å². The Morgan fingerprint density at radius 3 is 2.87 bits per heavy atom. The largest absolute Gasteiger partial charge is 0.382 e. The van der Waals surface area contributed by atoms with Crippen molar-refractivity contribution in [2.45, 2.75) is 38.5 Å². The molecular weight excluding hydrogens is 382 g/mol. The van der Waals surface area contributed by atoms with Crippen molar-refractivity contribution in [2.75, 3.05) is 39.4 Å². The van der Waals surface area contributed by atoms with Gasteiger partial charge >= 0.3 is 0 Å². The van der Waals surface area contributed by atoms with E-state index in [0.29, 0.717) is 38.6 Å². The van der Waals surface area contributed by atoms with Crippen molar-refractivity contribution in [3.63, 3.8) is 0 Å². The highest BCUT2D eigenvalue weighted by molar-refractivity contribution is 5.89. The Kier molecular flexibility index (Phi) is 6.32. The van der Waals surface area contributed by atoms with Gasteiger partial charge in [-0.2, -0.15) is 5.10 Å². The molecule has 8 heteroatoms. The monoisotopic (exact) mass is 413 g/mol. The SMILES string of the molecule is CCOCCCN1CC(C(=O)N2CCC(c3nn(C)c4ncccc34)CC2)CC1=O. The summed E-state index contributed by atoms with van der Waals surface area (Å²) in [6, 6.07) is 4.02. The molecule has 2 aromatic heterocycles. The third kappa shape index (κ3) is 4.19. The minimum Gasteiger partial charge on any atom is -0.382 e. The van der Waals surface area contributed by atoms with Crippen molar-refractivity contribution in [3.05, 3.63) is 24.0 Å². The van der Waals surface area contributed by atoms with Crippen LogP contribution < -0.4 is 0 Å².